The van der Waals surface area contributed by atoms with Gasteiger partial charge in [0.1, 0.15) is 0 Å². The highest BCUT2D eigenvalue weighted by atomic mass is 16.6. The monoisotopic (exact) mass is 498 g/mol. The molecule has 0 heterocycles. The highest BCUT2D eigenvalue weighted by Crippen LogP contribution is 2.33. The summed E-state index contributed by atoms with van der Waals surface area (Å²) in [6, 6.07) is 8.96. The highest BCUT2D eigenvalue weighted by molar-refractivity contribution is 5.95. The average molecular weight is 498 g/mol. The number of nitro groups is 4. The molecule has 3 rings (SSSR count). The van der Waals surface area contributed by atoms with Crippen molar-refractivity contribution in [1.82, 2.24) is 0 Å². The molecule has 3 aromatic carbocycles. The molecule has 0 saturated carbocycles. The Balaban J connectivity index is 1.81. The lowest BCUT2D eigenvalue weighted by atomic mass is 10.1. The van der Waals surface area contributed by atoms with E-state index in [4.69, 9.17) is 9.47 Å². The summed E-state index contributed by atoms with van der Waals surface area (Å²) >= 11 is 0. The number of nitrogens with zero attached hydrogens (tertiary/aromatic N) is 4. The van der Waals surface area contributed by atoms with Crippen LogP contribution in [0.15, 0.2) is 60.7 Å². The minimum absolute atomic E-state index is 0.214. The molecule has 0 saturated heterocycles. The molecule has 0 amide bonds. The standard InChI is InChI=1S/C20H10N4O12/c25-19(35-17-9-13(21(27)28)5-7-15(17)23(31)32)11-1-2-12(4-3-11)20(26)36-18-10-14(22(29)30)6-8-16(18)24(33)34/h1-10H. The summed E-state index contributed by atoms with van der Waals surface area (Å²) in [6.45, 7) is 0. The van der Waals surface area contributed by atoms with Crippen LogP contribution in [-0.4, -0.2) is 31.6 Å². The van der Waals surface area contributed by atoms with Crippen molar-refractivity contribution < 1.29 is 38.8 Å². The molecule has 16 heteroatoms. The second-order valence-corrected chi connectivity index (χ2v) is 6.69. The van der Waals surface area contributed by atoms with Crippen LogP contribution in [0.2, 0.25) is 0 Å². The molecule has 0 aromatic heterocycles. The maximum absolute atomic E-state index is 12.4. The molecule has 0 bridgehead atoms. The highest BCUT2D eigenvalue weighted by Gasteiger charge is 2.25. The largest absolute Gasteiger partial charge is 0.415 e. The molecule has 0 fully saturated rings. The van der Waals surface area contributed by atoms with E-state index in [9.17, 15) is 50.0 Å². The first kappa shape index (κ1) is 24.8. The molecule has 0 unspecified atom stereocenters. The van der Waals surface area contributed by atoms with Gasteiger partial charge in [0.05, 0.1) is 43.0 Å². The lowest BCUT2D eigenvalue weighted by molar-refractivity contribution is -0.389. The van der Waals surface area contributed by atoms with Crippen molar-refractivity contribution in [2.24, 2.45) is 0 Å². The zero-order chi connectivity index (χ0) is 26.6. The lowest BCUT2D eigenvalue weighted by Gasteiger charge is -2.07. The van der Waals surface area contributed by atoms with Crippen LogP contribution < -0.4 is 9.47 Å². The molecule has 0 radical (unpaired) electrons. The topological polar surface area (TPSA) is 225 Å². The number of carbonyl (C=O) groups is 2. The Morgan fingerprint density at radius 1 is 0.528 bits per heavy atom. The Morgan fingerprint density at radius 2 is 0.861 bits per heavy atom. The fourth-order valence-electron chi connectivity index (χ4n) is 2.76. The van der Waals surface area contributed by atoms with Gasteiger partial charge in [0, 0.05) is 24.3 Å². The van der Waals surface area contributed by atoms with Crippen molar-refractivity contribution in [2.45, 2.75) is 0 Å². The van der Waals surface area contributed by atoms with Gasteiger partial charge in [-0.15, -0.1) is 0 Å². The first-order chi connectivity index (χ1) is 17.0. The van der Waals surface area contributed by atoms with E-state index in [0.717, 1.165) is 48.5 Å². The summed E-state index contributed by atoms with van der Waals surface area (Å²) < 4.78 is 9.83. The molecule has 36 heavy (non-hydrogen) atoms. The molecular formula is C20H10N4O12. The van der Waals surface area contributed by atoms with E-state index in [1.807, 2.05) is 0 Å². The van der Waals surface area contributed by atoms with Gasteiger partial charge in [0.25, 0.3) is 11.4 Å². The molecular weight excluding hydrogens is 488 g/mol. The van der Waals surface area contributed by atoms with Crippen LogP contribution in [0.25, 0.3) is 0 Å². The van der Waals surface area contributed by atoms with Crippen molar-refractivity contribution in [2.75, 3.05) is 0 Å². The smallest absolute Gasteiger partial charge is 0.343 e. The molecule has 0 aliphatic carbocycles. The molecule has 0 spiro atoms. The molecule has 182 valence electrons. The summed E-state index contributed by atoms with van der Waals surface area (Å²) in [5.41, 5.74) is -2.95. The Hall–Kier alpha value is -5.80. The third kappa shape index (κ3) is 5.39. The van der Waals surface area contributed by atoms with Crippen LogP contribution >= 0.6 is 0 Å². The summed E-state index contributed by atoms with van der Waals surface area (Å²) in [5.74, 6) is -3.65. The van der Waals surface area contributed by atoms with Gasteiger partial charge in [-0.3, -0.25) is 40.5 Å². The third-order valence-corrected chi connectivity index (χ3v) is 4.46. The van der Waals surface area contributed by atoms with Crippen molar-refractivity contribution in [3.05, 3.63) is 112 Å². The number of non-ortho nitro benzene ring substituents is 2. The number of ether oxygens (including phenoxy) is 2. The maximum Gasteiger partial charge on any atom is 0.343 e. The molecule has 16 nitrogen and oxygen atoms in total. The van der Waals surface area contributed by atoms with Crippen LogP contribution in [0, 0.1) is 40.5 Å². The van der Waals surface area contributed by atoms with E-state index < -0.39 is 65.9 Å². The second kappa shape index (κ2) is 10.00. The van der Waals surface area contributed by atoms with Crippen LogP contribution in [0.5, 0.6) is 11.5 Å². The van der Waals surface area contributed by atoms with Gasteiger partial charge in [-0.25, -0.2) is 9.59 Å². The summed E-state index contributed by atoms with van der Waals surface area (Å²) in [6.07, 6.45) is 0. The molecule has 0 aliphatic rings. The van der Waals surface area contributed by atoms with Gasteiger partial charge in [0.15, 0.2) is 0 Å². The SMILES string of the molecule is O=C(Oc1cc([N+](=O)[O-])ccc1[N+](=O)[O-])c1ccc(C(=O)Oc2cc([N+](=O)[O-])ccc2[N+](=O)[O-])cc1. The number of rotatable bonds is 8. The minimum atomic E-state index is -1.15. The van der Waals surface area contributed by atoms with Gasteiger partial charge >= 0.3 is 23.3 Å². The van der Waals surface area contributed by atoms with Crippen LogP contribution in [0.4, 0.5) is 22.7 Å². The summed E-state index contributed by atoms with van der Waals surface area (Å²) in [5, 5.41) is 44.1. The molecule has 3 aromatic rings. The average Bonchev–Trinajstić information content (AvgIpc) is 2.83. The second-order valence-electron chi connectivity index (χ2n) is 6.69. The van der Waals surface area contributed by atoms with Crippen LogP contribution in [0.3, 0.4) is 0 Å². The van der Waals surface area contributed by atoms with Gasteiger partial charge in [-0.05, 0) is 24.3 Å². The van der Waals surface area contributed by atoms with Crippen molar-refractivity contribution >= 4 is 34.7 Å². The summed E-state index contributed by atoms with van der Waals surface area (Å²) in [4.78, 5) is 65.4. The molecule has 0 N–H and O–H groups in total. The zero-order valence-electron chi connectivity index (χ0n) is 17.5. The van der Waals surface area contributed by atoms with Crippen molar-refractivity contribution in [3.8, 4) is 11.5 Å². The number of nitro benzene ring substituents is 4. The van der Waals surface area contributed by atoms with Gasteiger partial charge in [0.2, 0.25) is 11.5 Å². The Kier molecular flexibility index (Phi) is 6.90. The lowest BCUT2D eigenvalue weighted by Crippen LogP contribution is -2.12. The van der Waals surface area contributed by atoms with E-state index in [1.165, 1.54) is 0 Å². The predicted octanol–water partition coefficient (Wildman–Crippen LogP) is 3.76. The van der Waals surface area contributed by atoms with Gasteiger partial charge in [-0.1, -0.05) is 0 Å². The first-order valence-corrected chi connectivity index (χ1v) is 9.38. The maximum atomic E-state index is 12.4. The zero-order valence-corrected chi connectivity index (χ0v) is 17.5. The van der Waals surface area contributed by atoms with Crippen molar-refractivity contribution in [1.29, 1.82) is 0 Å². The van der Waals surface area contributed by atoms with E-state index in [2.05, 4.69) is 0 Å². The predicted molar refractivity (Wildman–Crippen MR) is 116 cm³/mol. The van der Waals surface area contributed by atoms with E-state index in [1.54, 1.807) is 0 Å². The Bertz CT molecular complexity index is 1330. The summed E-state index contributed by atoms with van der Waals surface area (Å²) in [7, 11) is 0. The van der Waals surface area contributed by atoms with Crippen LogP contribution in [-0.2, 0) is 0 Å². The fourth-order valence-corrected chi connectivity index (χ4v) is 2.76. The van der Waals surface area contributed by atoms with E-state index in [0.29, 0.717) is 12.1 Å². The van der Waals surface area contributed by atoms with Gasteiger partial charge < -0.3 is 9.47 Å². The third-order valence-electron chi connectivity index (χ3n) is 4.46. The van der Waals surface area contributed by atoms with Crippen molar-refractivity contribution in [3.63, 3.8) is 0 Å². The number of esters is 2. The fraction of sp³-hybridized carbons (Fsp3) is 0. The quantitative estimate of drug-likeness (QED) is 0.187. The van der Waals surface area contributed by atoms with Gasteiger partial charge in [-0.2, -0.15) is 0 Å². The van der Waals surface area contributed by atoms with E-state index >= 15 is 0 Å². The van der Waals surface area contributed by atoms with Crippen LogP contribution in [0.1, 0.15) is 20.7 Å². The molecule has 0 aliphatic heterocycles. The Labute approximate surface area is 197 Å². The first-order valence-electron chi connectivity index (χ1n) is 9.38. The number of benzene rings is 3. The Morgan fingerprint density at radius 3 is 1.14 bits per heavy atom. The van der Waals surface area contributed by atoms with E-state index in [-0.39, 0.29) is 11.1 Å². The number of carbonyl (C=O) groups excluding carboxylic acids is 2. The minimum Gasteiger partial charge on any atom is -0.415 e. The number of hydrogen-bond acceptors (Lipinski definition) is 12. The normalized spacial score (nSPS) is 10.2. The number of hydrogen-bond donors (Lipinski definition) is 0. The molecule has 0 atom stereocenters.